The van der Waals surface area contributed by atoms with Gasteiger partial charge in [-0.15, -0.1) is 0 Å². The van der Waals surface area contributed by atoms with Crippen LogP contribution in [0.4, 0.5) is 15.8 Å². The van der Waals surface area contributed by atoms with Crippen molar-refractivity contribution in [1.29, 1.82) is 0 Å². The summed E-state index contributed by atoms with van der Waals surface area (Å²) in [6.45, 7) is 3.30. The lowest BCUT2D eigenvalue weighted by atomic mass is 10.00. The van der Waals surface area contributed by atoms with Gasteiger partial charge in [0.25, 0.3) is 0 Å². The van der Waals surface area contributed by atoms with Crippen molar-refractivity contribution < 1.29 is 19.0 Å². The van der Waals surface area contributed by atoms with Gasteiger partial charge in [0.1, 0.15) is 0 Å². The number of aliphatic hydroxyl groups is 1. The molecule has 0 radical (unpaired) electrons. The topological polar surface area (TPSA) is 112 Å². The highest BCUT2D eigenvalue weighted by Gasteiger charge is 2.27. The highest BCUT2D eigenvalue weighted by molar-refractivity contribution is 6.39. The Labute approximate surface area is 277 Å². The molecule has 4 heterocycles. The minimum atomic E-state index is -0.353. The Bertz CT molecular complexity index is 1740. The predicted molar refractivity (Wildman–Crippen MR) is 178 cm³/mol. The van der Waals surface area contributed by atoms with Gasteiger partial charge in [-0.3, -0.25) is 14.7 Å². The summed E-state index contributed by atoms with van der Waals surface area (Å²) in [5, 5.41) is 19.5. The molecule has 0 bridgehead atoms. The number of hydrogen-bond donors (Lipinski definition) is 4. The number of likely N-dealkylation sites (tertiary alicyclic amines) is 1. The molecular formula is C34H35Cl2FN6O3. The summed E-state index contributed by atoms with van der Waals surface area (Å²) in [6.07, 6.45) is 2.98. The first kappa shape index (κ1) is 32.2. The standard InChI is InChI=1S/C34H35Cl2FN6O3/c1-46-34-21(14-38-15-23-9-11-29(45)40-23)8-10-26(42-34)24-5-3-6-25(30(24)35)33-31(36)27(12-13-39-33)41-28-7-2-4-22(32(28)37)18-43-16-20(17-43)19-44/h2-8,10,12-13,20,23,38,44H,9,11,14-19H2,1H3,(H,39,41)(H,40,45)/t23-/m1/s1. The summed E-state index contributed by atoms with van der Waals surface area (Å²) in [4.78, 5) is 22.8. The zero-order chi connectivity index (χ0) is 32.2. The van der Waals surface area contributed by atoms with Gasteiger partial charge < -0.3 is 25.8 Å². The number of amides is 1. The van der Waals surface area contributed by atoms with E-state index in [0.717, 1.165) is 25.1 Å². The van der Waals surface area contributed by atoms with Crippen LogP contribution in [-0.4, -0.2) is 65.3 Å². The van der Waals surface area contributed by atoms with Gasteiger partial charge in [0.15, 0.2) is 5.82 Å². The Balaban J connectivity index is 1.20. The van der Waals surface area contributed by atoms with Crippen molar-refractivity contribution in [2.75, 3.05) is 38.7 Å². The van der Waals surface area contributed by atoms with E-state index in [1.165, 1.54) is 0 Å². The van der Waals surface area contributed by atoms with Crippen LogP contribution in [0.5, 0.6) is 5.88 Å². The molecule has 4 aromatic rings. The van der Waals surface area contributed by atoms with E-state index >= 15 is 4.39 Å². The second-order valence-corrected chi connectivity index (χ2v) is 12.4. The largest absolute Gasteiger partial charge is 0.481 e. The third-order valence-corrected chi connectivity index (χ3v) is 9.17. The van der Waals surface area contributed by atoms with Crippen LogP contribution >= 0.6 is 23.2 Å². The summed E-state index contributed by atoms with van der Waals surface area (Å²) in [5.41, 5.74) is 4.57. The number of benzene rings is 2. The average Bonchev–Trinajstić information content (AvgIpc) is 3.46. The number of pyridine rings is 2. The molecule has 12 heteroatoms. The number of nitrogens with zero attached hydrogens (tertiary/aromatic N) is 3. The van der Waals surface area contributed by atoms with Gasteiger partial charge in [0, 0.05) is 86.2 Å². The van der Waals surface area contributed by atoms with E-state index in [2.05, 4.69) is 25.8 Å². The molecule has 0 saturated carbocycles. The van der Waals surface area contributed by atoms with Crippen molar-refractivity contribution >= 4 is 40.5 Å². The number of rotatable bonds is 12. The molecule has 0 aliphatic carbocycles. The molecule has 6 rings (SSSR count). The van der Waals surface area contributed by atoms with E-state index in [-0.39, 0.29) is 30.3 Å². The molecule has 2 aliphatic heterocycles. The Morgan fingerprint density at radius 2 is 1.85 bits per heavy atom. The average molecular weight is 666 g/mol. The first-order valence-electron chi connectivity index (χ1n) is 15.2. The maximum Gasteiger partial charge on any atom is 0.220 e. The summed E-state index contributed by atoms with van der Waals surface area (Å²) in [6, 6.07) is 16.4. The summed E-state index contributed by atoms with van der Waals surface area (Å²) >= 11 is 13.8. The highest BCUT2D eigenvalue weighted by Crippen LogP contribution is 2.41. The molecule has 2 aromatic carbocycles. The summed E-state index contributed by atoms with van der Waals surface area (Å²) in [7, 11) is 1.57. The van der Waals surface area contributed by atoms with Crippen LogP contribution < -0.4 is 20.7 Å². The first-order valence-corrected chi connectivity index (χ1v) is 16.0. The van der Waals surface area contributed by atoms with Crippen LogP contribution in [0.3, 0.4) is 0 Å². The van der Waals surface area contributed by atoms with E-state index in [1.807, 2.05) is 30.3 Å². The molecule has 2 aliphatic rings. The fourth-order valence-electron chi connectivity index (χ4n) is 5.89. The van der Waals surface area contributed by atoms with Crippen molar-refractivity contribution in [1.82, 2.24) is 25.5 Å². The van der Waals surface area contributed by atoms with Crippen LogP contribution in [-0.2, 0) is 17.9 Å². The van der Waals surface area contributed by atoms with Crippen LogP contribution in [0.15, 0.2) is 60.8 Å². The Kier molecular flexibility index (Phi) is 10.0. The number of ether oxygens (including phenoxy) is 1. The van der Waals surface area contributed by atoms with E-state index in [4.69, 9.17) is 32.9 Å². The number of aromatic nitrogens is 2. The summed E-state index contributed by atoms with van der Waals surface area (Å²) < 4.78 is 21.1. The van der Waals surface area contributed by atoms with Gasteiger partial charge in [0.05, 0.1) is 39.9 Å². The lowest BCUT2D eigenvalue weighted by Gasteiger charge is -2.38. The SMILES string of the molecule is COc1nc(-c2cccc(-c3nccc(Nc4cccc(CN5CC(CO)C5)c4F)c3Cl)c2Cl)ccc1CNC[C@H]1CCC(=O)N1. The van der Waals surface area contributed by atoms with Crippen molar-refractivity contribution in [2.45, 2.75) is 32.0 Å². The molecule has 0 unspecified atom stereocenters. The van der Waals surface area contributed by atoms with Gasteiger partial charge in [0.2, 0.25) is 11.8 Å². The first-order chi connectivity index (χ1) is 22.3. The van der Waals surface area contributed by atoms with E-state index in [9.17, 15) is 9.90 Å². The molecule has 2 fully saturated rings. The number of halogens is 3. The van der Waals surface area contributed by atoms with Crippen molar-refractivity contribution in [2.24, 2.45) is 5.92 Å². The quantitative estimate of drug-likeness (QED) is 0.150. The van der Waals surface area contributed by atoms with Crippen molar-refractivity contribution in [3.63, 3.8) is 0 Å². The molecule has 9 nitrogen and oxygen atoms in total. The lowest BCUT2D eigenvalue weighted by Crippen LogP contribution is -2.47. The van der Waals surface area contributed by atoms with Gasteiger partial charge >= 0.3 is 0 Å². The molecule has 46 heavy (non-hydrogen) atoms. The Morgan fingerprint density at radius 1 is 1.04 bits per heavy atom. The zero-order valence-electron chi connectivity index (χ0n) is 25.3. The minimum absolute atomic E-state index is 0.0873. The van der Waals surface area contributed by atoms with Crippen molar-refractivity contribution in [3.05, 3.63) is 87.8 Å². The van der Waals surface area contributed by atoms with E-state index in [0.29, 0.717) is 81.4 Å². The monoisotopic (exact) mass is 664 g/mol. The number of hydrogen-bond acceptors (Lipinski definition) is 8. The van der Waals surface area contributed by atoms with E-state index < -0.39 is 0 Å². The van der Waals surface area contributed by atoms with Crippen LogP contribution in [0.25, 0.3) is 22.5 Å². The number of carbonyl (C=O) groups is 1. The van der Waals surface area contributed by atoms with Crippen LogP contribution in [0, 0.1) is 11.7 Å². The molecule has 1 amide bonds. The van der Waals surface area contributed by atoms with E-state index in [1.54, 1.807) is 37.6 Å². The predicted octanol–water partition coefficient (Wildman–Crippen LogP) is 5.80. The van der Waals surface area contributed by atoms with Gasteiger partial charge in [-0.25, -0.2) is 9.37 Å². The van der Waals surface area contributed by atoms with Crippen LogP contribution in [0.1, 0.15) is 24.0 Å². The fraction of sp³-hybridized carbons (Fsp3) is 0.324. The second-order valence-electron chi connectivity index (χ2n) is 11.6. The Morgan fingerprint density at radius 3 is 2.61 bits per heavy atom. The minimum Gasteiger partial charge on any atom is -0.481 e. The van der Waals surface area contributed by atoms with Gasteiger partial charge in [-0.1, -0.05) is 59.6 Å². The maximum atomic E-state index is 15.5. The normalized spacial score (nSPS) is 16.7. The zero-order valence-corrected chi connectivity index (χ0v) is 26.8. The molecule has 4 N–H and O–H groups in total. The second kappa shape index (κ2) is 14.3. The molecule has 2 aromatic heterocycles. The molecule has 0 spiro atoms. The van der Waals surface area contributed by atoms with Gasteiger partial charge in [-0.05, 0) is 24.6 Å². The lowest BCUT2D eigenvalue weighted by molar-refractivity contribution is -0.119. The number of anilines is 2. The van der Waals surface area contributed by atoms with Crippen LogP contribution in [0.2, 0.25) is 10.0 Å². The Hall–Kier alpha value is -3.80. The molecule has 1 atom stereocenters. The number of carbonyl (C=O) groups excluding carboxylic acids is 1. The smallest absolute Gasteiger partial charge is 0.220 e. The molecule has 240 valence electrons. The molecular weight excluding hydrogens is 630 g/mol. The number of methoxy groups -OCH3 is 1. The van der Waals surface area contributed by atoms with Gasteiger partial charge in [-0.2, -0.15) is 0 Å². The third kappa shape index (κ3) is 6.96. The highest BCUT2D eigenvalue weighted by atomic mass is 35.5. The third-order valence-electron chi connectivity index (χ3n) is 8.38. The summed E-state index contributed by atoms with van der Waals surface area (Å²) in [5.74, 6) is 0.454. The fourth-order valence-corrected chi connectivity index (χ4v) is 6.46. The number of nitrogens with one attached hydrogen (secondary N) is 3. The molecule has 2 saturated heterocycles. The maximum absolute atomic E-state index is 15.5. The van der Waals surface area contributed by atoms with Crippen molar-refractivity contribution in [3.8, 4) is 28.4 Å². The number of aliphatic hydroxyl groups excluding tert-OH is 1.